The number of hydrogen-bond acceptors (Lipinski definition) is 4. The third kappa shape index (κ3) is 3.24. The maximum absolute atomic E-state index is 12.6. The van der Waals surface area contributed by atoms with Gasteiger partial charge in [0, 0.05) is 6.42 Å². The molecule has 1 amide bonds. The van der Waals surface area contributed by atoms with Crippen LogP contribution in [0.25, 0.3) is 0 Å². The summed E-state index contributed by atoms with van der Waals surface area (Å²) in [5.41, 5.74) is 2.69. The number of carbonyl (C=O) groups is 1. The summed E-state index contributed by atoms with van der Waals surface area (Å²) in [5, 5.41) is 7.06. The molecule has 1 aromatic heterocycles. The SMILES string of the molecule is CC1Cc2cccc(C(=O)Nc3ncn(Cc4ccccc4)n3)c2O1. The number of carbonyl (C=O) groups excluding carboxylic acids is 1. The number of nitrogens with zero attached hydrogens (tertiary/aromatic N) is 3. The molecule has 2 aromatic carbocycles. The molecule has 25 heavy (non-hydrogen) atoms. The highest BCUT2D eigenvalue weighted by Gasteiger charge is 2.25. The predicted octanol–water partition coefficient (Wildman–Crippen LogP) is 2.90. The molecule has 0 fully saturated rings. The average Bonchev–Trinajstić information content (AvgIpc) is 3.20. The lowest BCUT2D eigenvalue weighted by molar-refractivity contribution is 0.102. The zero-order valence-corrected chi connectivity index (χ0v) is 13.8. The maximum Gasteiger partial charge on any atom is 0.261 e. The number of fused-ring (bicyclic) bond motifs is 1. The van der Waals surface area contributed by atoms with Crippen LogP contribution in [0.2, 0.25) is 0 Å². The summed E-state index contributed by atoms with van der Waals surface area (Å²) in [5.74, 6) is 0.684. The molecule has 0 saturated carbocycles. The second kappa shape index (κ2) is 6.39. The van der Waals surface area contributed by atoms with Crippen molar-refractivity contribution in [3.63, 3.8) is 0 Å². The van der Waals surface area contributed by atoms with E-state index in [0.717, 1.165) is 17.5 Å². The highest BCUT2D eigenvalue weighted by molar-refractivity contribution is 6.05. The molecule has 0 aliphatic carbocycles. The van der Waals surface area contributed by atoms with Gasteiger partial charge in [-0.2, -0.15) is 0 Å². The first-order valence-electron chi connectivity index (χ1n) is 8.22. The standard InChI is InChI=1S/C19H18N4O2/c1-13-10-15-8-5-9-16(17(15)25-13)18(24)21-19-20-12-23(22-19)11-14-6-3-2-4-7-14/h2-9,12-13H,10-11H2,1H3,(H,21,22,24). The molecule has 1 N–H and O–H groups in total. The summed E-state index contributed by atoms with van der Waals surface area (Å²) in [6, 6.07) is 15.6. The number of anilines is 1. The lowest BCUT2D eigenvalue weighted by atomic mass is 10.1. The van der Waals surface area contributed by atoms with Gasteiger partial charge in [-0.1, -0.05) is 42.5 Å². The fourth-order valence-electron chi connectivity index (χ4n) is 2.98. The van der Waals surface area contributed by atoms with Gasteiger partial charge < -0.3 is 4.74 Å². The van der Waals surface area contributed by atoms with Crippen LogP contribution in [0, 0.1) is 0 Å². The summed E-state index contributed by atoms with van der Waals surface area (Å²) >= 11 is 0. The van der Waals surface area contributed by atoms with Crippen molar-refractivity contribution >= 4 is 11.9 Å². The summed E-state index contributed by atoms with van der Waals surface area (Å²) in [4.78, 5) is 16.7. The Labute approximate surface area is 145 Å². The monoisotopic (exact) mass is 334 g/mol. The molecule has 0 bridgehead atoms. The molecular weight excluding hydrogens is 316 g/mol. The van der Waals surface area contributed by atoms with E-state index in [-0.39, 0.29) is 18.0 Å². The second-order valence-corrected chi connectivity index (χ2v) is 6.13. The molecule has 0 saturated heterocycles. The first-order valence-corrected chi connectivity index (χ1v) is 8.22. The zero-order chi connectivity index (χ0) is 17.2. The Morgan fingerprint density at radius 1 is 1.24 bits per heavy atom. The van der Waals surface area contributed by atoms with Gasteiger partial charge in [0.2, 0.25) is 5.95 Å². The van der Waals surface area contributed by atoms with Gasteiger partial charge in [-0.25, -0.2) is 9.67 Å². The molecule has 6 nitrogen and oxygen atoms in total. The molecule has 1 atom stereocenters. The van der Waals surface area contributed by atoms with E-state index in [9.17, 15) is 4.79 Å². The van der Waals surface area contributed by atoms with E-state index in [1.165, 1.54) is 0 Å². The minimum absolute atomic E-state index is 0.0900. The van der Waals surface area contributed by atoms with Crippen molar-refractivity contribution in [3.05, 3.63) is 71.5 Å². The van der Waals surface area contributed by atoms with Crippen molar-refractivity contribution in [1.82, 2.24) is 14.8 Å². The molecular formula is C19H18N4O2. The van der Waals surface area contributed by atoms with Crippen LogP contribution in [0.5, 0.6) is 5.75 Å². The van der Waals surface area contributed by atoms with Crippen molar-refractivity contribution in [3.8, 4) is 5.75 Å². The third-order valence-corrected chi connectivity index (χ3v) is 4.12. The number of rotatable bonds is 4. The number of hydrogen-bond donors (Lipinski definition) is 1. The molecule has 1 aliphatic rings. The quantitative estimate of drug-likeness (QED) is 0.796. The first kappa shape index (κ1) is 15.4. The van der Waals surface area contributed by atoms with Crippen molar-refractivity contribution < 1.29 is 9.53 Å². The predicted molar refractivity (Wildman–Crippen MR) is 93.8 cm³/mol. The average molecular weight is 334 g/mol. The van der Waals surface area contributed by atoms with Gasteiger partial charge in [0.05, 0.1) is 12.1 Å². The summed E-state index contributed by atoms with van der Waals surface area (Å²) in [6.07, 6.45) is 2.52. The Morgan fingerprint density at radius 3 is 2.92 bits per heavy atom. The van der Waals surface area contributed by atoms with E-state index in [1.807, 2.05) is 49.4 Å². The molecule has 0 radical (unpaired) electrons. The van der Waals surface area contributed by atoms with Crippen LogP contribution in [0.4, 0.5) is 5.95 Å². The normalized spacial score (nSPS) is 15.5. The maximum atomic E-state index is 12.6. The molecule has 4 rings (SSSR count). The number of amides is 1. The number of para-hydroxylation sites is 1. The van der Waals surface area contributed by atoms with Gasteiger partial charge in [-0.3, -0.25) is 10.1 Å². The van der Waals surface area contributed by atoms with Gasteiger partial charge >= 0.3 is 0 Å². The number of benzene rings is 2. The van der Waals surface area contributed by atoms with Crippen LogP contribution in [0.1, 0.15) is 28.4 Å². The summed E-state index contributed by atoms with van der Waals surface area (Å²) in [7, 11) is 0. The zero-order valence-electron chi connectivity index (χ0n) is 13.8. The van der Waals surface area contributed by atoms with Crippen molar-refractivity contribution in [2.75, 3.05) is 5.32 Å². The lowest BCUT2D eigenvalue weighted by Gasteiger charge is -2.08. The van der Waals surface area contributed by atoms with E-state index in [1.54, 1.807) is 17.1 Å². The minimum atomic E-state index is -0.261. The number of nitrogens with one attached hydrogen (secondary N) is 1. The van der Waals surface area contributed by atoms with Crippen molar-refractivity contribution in [2.24, 2.45) is 0 Å². The van der Waals surface area contributed by atoms with Gasteiger partial charge in [-0.15, -0.1) is 5.10 Å². The molecule has 0 spiro atoms. The Bertz CT molecular complexity index is 905. The second-order valence-electron chi connectivity index (χ2n) is 6.13. The summed E-state index contributed by atoms with van der Waals surface area (Å²) < 4.78 is 7.47. The van der Waals surface area contributed by atoms with E-state index in [0.29, 0.717) is 17.9 Å². The molecule has 6 heteroatoms. The lowest BCUT2D eigenvalue weighted by Crippen LogP contribution is -2.15. The molecule has 1 unspecified atom stereocenters. The van der Waals surface area contributed by atoms with Gasteiger partial charge in [0.25, 0.3) is 5.91 Å². The van der Waals surface area contributed by atoms with E-state index in [2.05, 4.69) is 15.4 Å². The highest BCUT2D eigenvalue weighted by Crippen LogP contribution is 2.32. The number of ether oxygens (including phenoxy) is 1. The van der Waals surface area contributed by atoms with Crippen LogP contribution in [-0.4, -0.2) is 26.8 Å². The van der Waals surface area contributed by atoms with Crippen LogP contribution in [-0.2, 0) is 13.0 Å². The Balaban J connectivity index is 1.48. The van der Waals surface area contributed by atoms with E-state index < -0.39 is 0 Å². The van der Waals surface area contributed by atoms with Crippen molar-refractivity contribution in [1.29, 1.82) is 0 Å². The van der Waals surface area contributed by atoms with Crippen molar-refractivity contribution in [2.45, 2.75) is 26.0 Å². The topological polar surface area (TPSA) is 69.0 Å². The Hall–Kier alpha value is -3.15. The summed E-state index contributed by atoms with van der Waals surface area (Å²) in [6.45, 7) is 2.60. The highest BCUT2D eigenvalue weighted by atomic mass is 16.5. The van der Waals surface area contributed by atoms with Gasteiger partial charge in [0.1, 0.15) is 18.2 Å². The fraction of sp³-hybridized carbons (Fsp3) is 0.211. The fourth-order valence-corrected chi connectivity index (χ4v) is 2.98. The van der Waals surface area contributed by atoms with Crippen LogP contribution < -0.4 is 10.1 Å². The number of aromatic nitrogens is 3. The van der Waals surface area contributed by atoms with Gasteiger partial charge in [-0.05, 0) is 24.1 Å². The molecule has 2 heterocycles. The van der Waals surface area contributed by atoms with Gasteiger partial charge in [0.15, 0.2) is 0 Å². The van der Waals surface area contributed by atoms with Crippen LogP contribution >= 0.6 is 0 Å². The smallest absolute Gasteiger partial charge is 0.261 e. The molecule has 126 valence electrons. The van der Waals surface area contributed by atoms with Crippen LogP contribution in [0.15, 0.2) is 54.9 Å². The minimum Gasteiger partial charge on any atom is -0.489 e. The van der Waals surface area contributed by atoms with E-state index >= 15 is 0 Å². The Morgan fingerprint density at radius 2 is 2.08 bits per heavy atom. The first-order chi connectivity index (χ1) is 12.2. The molecule has 3 aromatic rings. The third-order valence-electron chi connectivity index (χ3n) is 4.12. The van der Waals surface area contributed by atoms with Crippen LogP contribution in [0.3, 0.4) is 0 Å². The Kier molecular flexibility index (Phi) is 3.93. The van der Waals surface area contributed by atoms with E-state index in [4.69, 9.17) is 4.74 Å². The largest absolute Gasteiger partial charge is 0.489 e. The molecule has 1 aliphatic heterocycles.